The number of aryl methyl sites for hydroxylation is 1. The highest BCUT2D eigenvalue weighted by Gasteiger charge is 2.34. The molecule has 0 bridgehead atoms. The summed E-state index contributed by atoms with van der Waals surface area (Å²) in [6.45, 7) is 3.68. The number of carbonyl (C=O) groups excluding carboxylic acids is 2. The number of carbonyl (C=O) groups is 2. The Hall–Kier alpha value is -4.34. The maximum Gasteiger partial charge on any atom is 0.264 e. The molecule has 236 valence electrons. The van der Waals surface area contributed by atoms with E-state index in [-0.39, 0.29) is 29.5 Å². The van der Waals surface area contributed by atoms with Crippen molar-refractivity contribution in [3.8, 4) is 5.75 Å². The van der Waals surface area contributed by atoms with Gasteiger partial charge >= 0.3 is 0 Å². The number of benzene rings is 4. The average Bonchev–Trinajstić information content (AvgIpc) is 3.05. The van der Waals surface area contributed by atoms with Crippen LogP contribution in [0.2, 0.25) is 5.02 Å². The first-order valence-corrected chi connectivity index (χ1v) is 16.5. The van der Waals surface area contributed by atoms with Crippen molar-refractivity contribution in [2.75, 3.05) is 24.5 Å². The van der Waals surface area contributed by atoms with Gasteiger partial charge in [-0.15, -0.1) is 0 Å². The van der Waals surface area contributed by atoms with Gasteiger partial charge in [-0.3, -0.25) is 13.9 Å². The Bertz CT molecular complexity index is 1680. The van der Waals surface area contributed by atoms with Crippen molar-refractivity contribution in [1.82, 2.24) is 10.2 Å². The second kappa shape index (κ2) is 15.6. The van der Waals surface area contributed by atoms with E-state index >= 15 is 0 Å². The lowest BCUT2D eigenvalue weighted by molar-refractivity contribution is -0.140. The summed E-state index contributed by atoms with van der Waals surface area (Å²) in [6.07, 6.45) is 0.933. The van der Waals surface area contributed by atoms with Gasteiger partial charge in [-0.1, -0.05) is 84.8 Å². The number of methoxy groups -OCH3 is 1. The summed E-state index contributed by atoms with van der Waals surface area (Å²) in [5.74, 6) is -0.360. The lowest BCUT2D eigenvalue weighted by Gasteiger charge is -2.34. The Morgan fingerprint density at radius 2 is 1.53 bits per heavy atom. The van der Waals surface area contributed by atoms with Gasteiger partial charge in [0.15, 0.2) is 0 Å². The van der Waals surface area contributed by atoms with Gasteiger partial charge in [0.25, 0.3) is 10.0 Å². The lowest BCUT2D eigenvalue weighted by Crippen LogP contribution is -2.53. The van der Waals surface area contributed by atoms with Gasteiger partial charge < -0.3 is 15.0 Å². The summed E-state index contributed by atoms with van der Waals surface area (Å²) < 4.78 is 34.6. The normalized spacial score (nSPS) is 11.8. The van der Waals surface area contributed by atoms with Crippen molar-refractivity contribution in [3.05, 3.63) is 125 Å². The molecule has 1 atom stereocenters. The highest BCUT2D eigenvalue weighted by Crippen LogP contribution is 2.28. The second-order valence-electron chi connectivity index (χ2n) is 10.6. The van der Waals surface area contributed by atoms with Gasteiger partial charge in [-0.25, -0.2) is 8.42 Å². The average molecular weight is 648 g/mol. The van der Waals surface area contributed by atoms with Crippen molar-refractivity contribution in [3.63, 3.8) is 0 Å². The van der Waals surface area contributed by atoms with E-state index in [9.17, 15) is 18.0 Å². The van der Waals surface area contributed by atoms with Crippen LogP contribution in [0.1, 0.15) is 30.0 Å². The van der Waals surface area contributed by atoms with E-state index in [1.165, 1.54) is 24.1 Å². The smallest absolute Gasteiger partial charge is 0.264 e. The summed E-state index contributed by atoms with van der Waals surface area (Å²) >= 11 is 6.54. The third kappa shape index (κ3) is 8.65. The van der Waals surface area contributed by atoms with E-state index in [1.807, 2.05) is 44.2 Å². The highest BCUT2D eigenvalue weighted by atomic mass is 35.5. The monoisotopic (exact) mass is 647 g/mol. The molecule has 2 amide bonds. The molecule has 0 aromatic heterocycles. The van der Waals surface area contributed by atoms with E-state index in [4.69, 9.17) is 16.3 Å². The highest BCUT2D eigenvalue weighted by molar-refractivity contribution is 7.92. The molecule has 0 saturated carbocycles. The van der Waals surface area contributed by atoms with Gasteiger partial charge in [0.2, 0.25) is 11.8 Å². The molecule has 0 saturated heterocycles. The van der Waals surface area contributed by atoms with Crippen LogP contribution in [-0.2, 0) is 32.6 Å². The minimum absolute atomic E-state index is 0.00339. The molecule has 0 unspecified atom stereocenters. The SMILES string of the molecule is CCCNC(=O)[C@@H](Cc1ccccc1)N(Cc1ccccc1Cl)C(=O)CN(c1ccc(OC)cc1)S(=O)(=O)c1ccc(C)cc1. The fourth-order valence-electron chi connectivity index (χ4n) is 4.84. The number of halogens is 1. The molecule has 0 radical (unpaired) electrons. The molecule has 0 aliphatic rings. The van der Waals surface area contributed by atoms with Crippen molar-refractivity contribution >= 4 is 39.1 Å². The maximum absolute atomic E-state index is 14.5. The summed E-state index contributed by atoms with van der Waals surface area (Å²) in [4.78, 5) is 29.7. The first-order valence-electron chi connectivity index (χ1n) is 14.7. The number of amides is 2. The predicted octanol–water partition coefficient (Wildman–Crippen LogP) is 6.02. The van der Waals surface area contributed by atoms with Crippen LogP contribution in [0.15, 0.2) is 108 Å². The molecular formula is C35H38ClN3O5S. The molecule has 0 spiro atoms. The zero-order chi connectivity index (χ0) is 32.4. The van der Waals surface area contributed by atoms with Gasteiger partial charge in [-0.05, 0) is 66.9 Å². The molecule has 4 aromatic carbocycles. The Morgan fingerprint density at radius 3 is 2.16 bits per heavy atom. The third-order valence-electron chi connectivity index (χ3n) is 7.37. The van der Waals surface area contributed by atoms with E-state index < -0.39 is 28.5 Å². The van der Waals surface area contributed by atoms with E-state index in [0.29, 0.717) is 29.3 Å². The minimum Gasteiger partial charge on any atom is -0.497 e. The topological polar surface area (TPSA) is 96.0 Å². The fourth-order valence-corrected chi connectivity index (χ4v) is 6.45. The third-order valence-corrected chi connectivity index (χ3v) is 9.52. The molecule has 45 heavy (non-hydrogen) atoms. The molecule has 4 aromatic rings. The van der Waals surface area contributed by atoms with Crippen LogP contribution in [0.4, 0.5) is 5.69 Å². The van der Waals surface area contributed by atoms with Crippen molar-refractivity contribution in [2.24, 2.45) is 0 Å². The van der Waals surface area contributed by atoms with Crippen LogP contribution in [0.25, 0.3) is 0 Å². The van der Waals surface area contributed by atoms with E-state index in [2.05, 4.69) is 5.32 Å². The lowest BCUT2D eigenvalue weighted by atomic mass is 10.0. The van der Waals surface area contributed by atoms with Gasteiger partial charge in [0, 0.05) is 24.5 Å². The van der Waals surface area contributed by atoms with Crippen LogP contribution in [-0.4, -0.2) is 51.4 Å². The zero-order valence-corrected chi connectivity index (χ0v) is 27.2. The number of hydrogen-bond acceptors (Lipinski definition) is 5. The largest absolute Gasteiger partial charge is 0.497 e. The molecule has 8 nitrogen and oxygen atoms in total. The number of sulfonamides is 1. The molecule has 0 heterocycles. The van der Waals surface area contributed by atoms with Gasteiger partial charge in [0.1, 0.15) is 18.3 Å². The second-order valence-corrected chi connectivity index (χ2v) is 12.9. The van der Waals surface area contributed by atoms with Gasteiger partial charge in [0.05, 0.1) is 17.7 Å². The van der Waals surface area contributed by atoms with Crippen molar-refractivity contribution < 1.29 is 22.7 Å². The predicted molar refractivity (Wildman–Crippen MR) is 178 cm³/mol. The summed E-state index contributed by atoms with van der Waals surface area (Å²) in [5.41, 5.74) is 2.66. The van der Waals surface area contributed by atoms with Crippen LogP contribution in [0.5, 0.6) is 5.75 Å². The summed E-state index contributed by atoms with van der Waals surface area (Å²) in [7, 11) is -2.68. The Morgan fingerprint density at radius 1 is 0.889 bits per heavy atom. The molecule has 0 aliphatic carbocycles. The quantitative estimate of drug-likeness (QED) is 0.181. The molecule has 10 heteroatoms. The van der Waals surface area contributed by atoms with Crippen molar-refractivity contribution in [1.29, 1.82) is 0 Å². The fraction of sp³-hybridized carbons (Fsp3) is 0.257. The van der Waals surface area contributed by atoms with Crippen LogP contribution in [0, 0.1) is 6.92 Å². The van der Waals surface area contributed by atoms with Crippen LogP contribution in [0.3, 0.4) is 0 Å². The van der Waals surface area contributed by atoms with Crippen molar-refractivity contribution in [2.45, 2.75) is 44.2 Å². The number of hydrogen-bond donors (Lipinski definition) is 1. The summed E-state index contributed by atoms with van der Waals surface area (Å²) in [6, 6.07) is 28.5. The number of nitrogens with one attached hydrogen (secondary N) is 1. The molecule has 4 rings (SSSR count). The molecule has 0 fully saturated rings. The van der Waals surface area contributed by atoms with E-state index in [0.717, 1.165) is 15.4 Å². The van der Waals surface area contributed by atoms with Crippen LogP contribution < -0.4 is 14.4 Å². The molecule has 0 aliphatic heterocycles. The van der Waals surface area contributed by atoms with Gasteiger partial charge in [-0.2, -0.15) is 0 Å². The first kappa shape index (κ1) is 33.6. The number of nitrogens with zero attached hydrogens (tertiary/aromatic N) is 2. The number of anilines is 1. The Labute approximate surface area is 270 Å². The zero-order valence-electron chi connectivity index (χ0n) is 25.6. The minimum atomic E-state index is -4.20. The first-order chi connectivity index (χ1) is 21.6. The number of rotatable bonds is 14. The Kier molecular flexibility index (Phi) is 11.6. The standard InChI is InChI=1S/C35H38ClN3O5S/c1-4-22-37-35(41)33(23-27-10-6-5-7-11-27)38(24-28-12-8-9-13-32(28)36)34(40)25-39(29-16-18-30(44-3)19-17-29)45(42,43)31-20-14-26(2)15-21-31/h5-21,33H,4,22-25H2,1-3H3,(H,37,41)/t33-/m1/s1. The van der Waals surface area contributed by atoms with E-state index in [1.54, 1.807) is 60.7 Å². The Balaban J connectivity index is 1.80. The van der Waals surface area contributed by atoms with Crippen LogP contribution >= 0.6 is 11.6 Å². The molecular weight excluding hydrogens is 610 g/mol. The number of ether oxygens (including phenoxy) is 1. The molecule has 1 N–H and O–H groups in total. The summed E-state index contributed by atoms with van der Waals surface area (Å²) in [5, 5.41) is 3.37. The maximum atomic E-state index is 14.5.